The molecule has 0 spiro atoms. The molecule has 0 N–H and O–H groups in total. The first-order chi connectivity index (χ1) is 13.8. The quantitative estimate of drug-likeness (QED) is 0.240. The fraction of sp³-hybridized carbons (Fsp3) is 0. The van der Waals surface area contributed by atoms with E-state index >= 15 is 0 Å². The van der Waals surface area contributed by atoms with Crippen molar-refractivity contribution < 1.29 is 0 Å². The summed E-state index contributed by atoms with van der Waals surface area (Å²) in [5, 5.41) is 7.89. The van der Waals surface area contributed by atoms with E-state index in [0.717, 1.165) is 4.47 Å². The SMILES string of the molecule is Brc1ccc2cc(-c3cc4ccccc4c4c3sc3ccccc34)ccc2c1. The van der Waals surface area contributed by atoms with Gasteiger partial charge in [0, 0.05) is 30.2 Å². The summed E-state index contributed by atoms with van der Waals surface area (Å²) in [6, 6.07) is 33.1. The maximum Gasteiger partial charge on any atom is 0.0440 e. The minimum Gasteiger partial charge on any atom is -0.135 e. The van der Waals surface area contributed by atoms with E-state index in [2.05, 4.69) is 107 Å². The van der Waals surface area contributed by atoms with Crippen molar-refractivity contribution in [2.24, 2.45) is 0 Å². The molecule has 0 saturated carbocycles. The van der Waals surface area contributed by atoms with Crippen LogP contribution in [0.5, 0.6) is 0 Å². The smallest absolute Gasteiger partial charge is 0.0440 e. The predicted molar refractivity (Wildman–Crippen MR) is 127 cm³/mol. The largest absolute Gasteiger partial charge is 0.135 e. The maximum absolute atomic E-state index is 3.58. The monoisotopic (exact) mass is 438 g/mol. The Morgan fingerprint density at radius 1 is 0.607 bits per heavy atom. The highest BCUT2D eigenvalue weighted by Crippen LogP contribution is 2.44. The van der Waals surface area contributed by atoms with Gasteiger partial charge >= 0.3 is 0 Å². The number of thiophene rings is 1. The Morgan fingerprint density at radius 2 is 1.36 bits per heavy atom. The second-order valence-electron chi connectivity index (χ2n) is 7.15. The van der Waals surface area contributed by atoms with Crippen LogP contribution >= 0.6 is 27.3 Å². The molecule has 0 nitrogen and oxygen atoms in total. The summed E-state index contributed by atoms with van der Waals surface area (Å²) in [5.41, 5.74) is 2.59. The number of hydrogen-bond donors (Lipinski definition) is 0. The van der Waals surface area contributed by atoms with Crippen molar-refractivity contribution in [1.82, 2.24) is 0 Å². The summed E-state index contributed by atoms with van der Waals surface area (Å²) in [5.74, 6) is 0. The zero-order valence-corrected chi connectivity index (χ0v) is 17.3. The number of hydrogen-bond acceptors (Lipinski definition) is 1. The van der Waals surface area contributed by atoms with Gasteiger partial charge in [-0.2, -0.15) is 0 Å². The van der Waals surface area contributed by atoms with E-state index in [1.54, 1.807) is 0 Å². The molecule has 0 aliphatic carbocycles. The summed E-state index contributed by atoms with van der Waals surface area (Å²) in [6.45, 7) is 0. The van der Waals surface area contributed by atoms with E-state index in [9.17, 15) is 0 Å². The molecule has 0 atom stereocenters. The highest BCUT2D eigenvalue weighted by atomic mass is 79.9. The Balaban J connectivity index is 1.76. The molecule has 1 aromatic heterocycles. The molecule has 28 heavy (non-hydrogen) atoms. The standard InChI is InChI=1S/C26H15BrS/c27-20-12-11-16-13-19(10-9-17(16)14-20)23-15-18-5-1-2-6-21(18)25-22-7-3-4-8-24(22)28-26(23)25/h1-15H. The van der Waals surface area contributed by atoms with Gasteiger partial charge in [0.2, 0.25) is 0 Å². The van der Waals surface area contributed by atoms with Gasteiger partial charge < -0.3 is 0 Å². The second kappa shape index (κ2) is 6.16. The van der Waals surface area contributed by atoms with E-state index in [1.807, 2.05) is 11.3 Å². The molecular weight excluding hydrogens is 424 g/mol. The Morgan fingerprint density at radius 3 is 2.29 bits per heavy atom. The van der Waals surface area contributed by atoms with Crippen LogP contribution in [0.3, 0.4) is 0 Å². The Bertz CT molecular complexity index is 1520. The first-order valence-electron chi connectivity index (χ1n) is 9.31. The van der Waals surface area contributed by atoms with Gasteiger partial charge in [-0.15, -0.1) is 11.3 Å². The van der Waals surface area contributed by atoms with Crippen LogP contribution < -0.4 is 0 Å². The molecule has 132 valence electrons. The molecule has 0 amide bonds. The molecule has 0 aliphatic rings. The lowest BCUT2D eigenvalue weighted by Crippen LogP contribution is -1.83. The van der Waals surface area contributed by atoms with E-state index in [1.165, 1.54) is 52.8 Å². The number of fused-ring (bicyclic) bond motifs is 6. The lowest BCUT2D eigenvalue weighted by Gasteiger charge is -2.09. The van der Waals surface area contributed by atoms with Gasteiger partial charge in [0.15, 0.2) is 0 Å². The summed E-state index contributed by atoms with van der Waals surface area (Å²) < 4.78 is 3.83. The number of halogens is 1. The normalized spacial score (nSPS) is 11.8. The van der Waals surface area contributed by atoms with Gasteiger partial charge in [0.25, 0.3) is 0 Å². The van der Waals surface area contributed by atoms with Crippen LogP contribution in [-0.2, 0) is 0 Å². The van der Waals surface area contributed by atoms with Crippen LogP contribution in [0.4, 0.5) is 0 Å². The minimum absolute atomic E-state index is 1.12. The van der Waals surface area contributed by atoms with Gasteiger partial charge in [0.1, 0.15) is 0 Å². The lowest BCUT2D eigenvalue weighted by atomic mass is 9.95. The van der Waals surface area contributed by atoms with Crippen molar-refractivity contribution in [3.8, 4) is 11.1 Å². The summed E-state index contributed by atoms with van der Waals surface area (Å²) >= 11 is 5.48. The van der Waals surface area contributed by atoms with Crippen LogP contribution in [-0.4, -0.2) is 0 Å². The van der Waals surface area contributed by atoms with E-state index in [0.29, 0.717) is 0 Å². The van der Waals surface area contributed by atoms with Crippen molar-refractivity contribution in [1.29, 1.82) is 0 Å². The van der Waals surface area contributed by atoms with Crippen LogP contribution in [0.2, 0.25) is 0 Å². The van der Waals surface area contributed by atoms with Gasteiger partial charge in [0.05, 0.1) is 0 Å². The van der Waals surface area contributed by atoms with Crippen LogP contribution in [0, 0.1) is 0 Å². The summed E-state index contributed by atoms with van der Waals surface area (Å²) in [4.78, 5) is 0. The molecule has 0 unspecified atom stereocenters. The molecule has 2 heteroatoms. The summed E-state index contributed by atoms with van der Waals surface area (Å²) in [6.07, 6.45) is 0. The third-order valence-electron chi connectivity index (χ3n) is 5.48. The van der Waals surface area contributed by atoms with E-state index < -0.39 is 0 Å². The topological polar surface area (TPSA) is 0 Å². The number of rotatable bonds is 1. The highest BCUT2D eigenvalue weighted by molar-refractivity contribution is 9.10. The first-order valence-corrected chi connectivity index (χ1v) is 10.9. The van der Waals surface area contributed by atoms with Gasteiger partial charge in [-0.3, -0.25) is 0 Å². The number of benzene rings is 5. The van der Waals surface area contributed by atoms with Crippen LogP contribution in [0.1, 0.15) is 0 Å². The molecular formula is C26H15BrS. The first kappa shape index (κ1) is 16.3. The third-order valence-corrected chi connectivity index (χ3v) is 7.18. The highest BCUT2D eigenvalue weighted by Gasteiger charge is 2.14. The van der Waals surface area contributed by atoms with E-state index in [-0.39, 0.29) is 0 Å². The van der Waals surface area contributed by atoms with Gasteiger partial charge in [-0.05, 0) is 57.4 Å². The third kappa shape index (κ3) is 2.42. The Kier molecular flexibility index (Phi) is 3.59. The second-order valence-corrected chi connectivity index (χ2v) is 9.12. The molecule has 5 aromatic carbocycles. The van der Waals surface area contributed by atoms with Crippen molar-refractivity contribution in [3.05, 3.63) is 95.5 Å². The fourth-order valence-electron chi connectivity index (χ4n) is 4.17. The average Bonchev–Trinajstić information content (AvgIpc) is 3.13. The van der Waals surface area contributed by atoms with Crippen molar-refractivity contribution in [3.63, 3.8) is 0 Å². The Labute approximate surface area is 175 Å². The lowest BCUT2D eigenvalue weighted by molar-refractivity contribution is 1.69. The van der Waals surface area contributed by atoms with Gasteiger partial charge in [-0.1, -0.05) is 76.6 Å². The average molecular weight is 439 g/mol. The summed E-state index contributed by atoms with van der Waals surface area (Å²) in [7, 11) is 0. The molecule has 0 radical (unpaired) electrons. The Hall–Kier alpha value is -2.68. The molecule has 0 bridgehead atoms. The van der Waals surface area contributed by atoms with Gasteiger partial charge in [-0.25, -0.2) is 0 Å². The molecule has 6 aromatic rings. The molecule has 1 heterocycles. The molecule has 0 saturated heterocycles. The minimum atomic E-state index is 1.12. The maximum atomic E-state index is 3.58. The zero-order chi connectivity index (χ0) is 18.7. The van der Waals surface area contributed by atoms with Crippen molar-refractivity contribution >= 4 is 69.0 Å². The van der Waals surface area contributed by atoms with Crippen molar-refractivity contribution in [2.75, 3.05) is 0 Å². The van der Waals surface area contributed by atoms with E-state index in [4.69, 9.17) is 0 Å². The zero-order valence-electron chi connectivity index (χ0n) is 14.9. The van der Waals surface area contributed by atoms with Crippen molar-refractivity contribution in [2.45, 2.75) is 0 Å². The van der Waals surface area contributed by atoms with Crippen LogP contribution in [0.15, 0.2) is 95.5 Å². The molecule has 0 aliphatic heterocycles. The predicted octanol–water partition coefficient (Wildman–Crippen LogP) is 8.79. The van der Waals surface area contributed by atoms with Crippen LogP contribution in [0.25, 0.3) is 52.8 Å². The molecule has 6 rings (SSSR count). The fourth-order valence-corrected chi connectivity index (χ4v) is 5.81. The molecule has 0 fully saturated rings.